The van der Waals surface area contributed by atoms with Crippen molar-refractivity contribution < 1.29 is 27.0 Å². The Morgan fingerprint density at radius 1 is 1.56 bits per heavy atom. The largest absolute Gasteiger partial charge is 1.00 e. The quantitative estimate of drug-likeness (QED) is 0.268. The maximum atomic E-state index is 9.57. The number of guanidine groups is 1. The van der Waals surface area contributed by atoms with E-state index in [1.165, 1.54) is 0 Å². The third kappa shape index (κ3) is 11.1. The molecule has 0 unspecified atom stereocenters. The Balaban J connectivity index is 0. The Morgan fingerprint density at radius 2 is 2.00 bits per heavy atom. The van der Waals surface area contributed by atoms with Crippen LogP contribution in [0.15, 0.2) is 4.99 Å². The van der Waals surface area contributed by atoms with E-state index in [1.807, 2.05) is 0 Å². The molecular formula is C3H6CuN3O2. The van der Waals surface area contributed by atoms with Crippen LogP contribution < -0.4 is 16.6 Å². The van der Waals surface area contributed by atoms with E-state index in [9.17, 15) is 9.90 Å². The number of rotatable bonds is 2. The molecule has 4 N–H and O–H groups in total. The van der Waals surface area contributed by atoms with Crippen LogP contribution in [0.4, 0.5) is 0 Å². The Hall–Kier alpha value is -0.741. The number of carbonyl (C=O) groups excluding carboxylic acids is 1. The Morgan fingerprint density at radius 3 is 2.11 bits per heavy atom. The zero-order chi connectivity index (χ0) is 6.57. The van der Waals surface area contributed by atoms with E-state index >= 15 is 0 Å². The third-order valence-electron chi connectivity index (χ3n) is 0.391. The molecule has 0 aromatic carbocycles. The van der Waals surface area contributed by atoms with Gasteiger partial charge in [0.2, 0.25) is 0 Å². The zero-order valence-corrected chi connectivity index (χ0v) is 5.37. The molecule has 9 heavy (non-hydrogen) atoms. The molecule has 0 aliphatic heterocycles. The topological polar surface area (TPSA) is 105 Å². The molecule has 0 amide bonds. The maximum Gasteiger partial charge on any atom is 1.00 e. The van der Waals surface area contributed by atoms with E-state index < -0.39 is 12.5 Å². The van der Waals surface area contributed by atoms with Crippen molar-refractivity contribution in [2.75, 3.05) is 6.54 Å². The minimum absolute atomic E-state index is 0. The standard InChI is InChI=1S/C3H7N3O2.Cu/c4-3(5)6-1-2(7)8;/h1H2,(H,7,8)(H4,4,5,6);/q;+1/p-1. The molecule has 0 spiro atoms. The van der Waals surface area contributed by atoms with Crippen LogP contribution in [0.3, 0.4) is 0 Å². The molecule has 0 fully saturated rings. The summed E-state index contributed by atoms with van der Waals surface area (Å²) >= 11 is 0. The van der Waals surface area contributed by atoms with E-state index in [4.69, 9.17) is 11.5 Å². The molecule has 5 nitrogen and oxygen atoms in total. The number of nitrogens with zero attached hydrogens (tertiary/aromatic N) is 1. The van der Waals surface area contributed by atoms with E-state index in [-0.39, 0.29) is 23.0 Å². The average Bonchev–Trinajstić information content (AvgIpc) is 1.61. The molecule has 0 aromatic heterocycles. The molecule has 0 rings (SSSR count). The second-order valence-electron chi connectivity index (χ2n) is 1.11. The fourth-order valence-corrected chi connectivity index (χ4v) is 0.156. The maximum absolute atomic E-state index is 9.57. The summed E-state index contributed by atoms with van der Waals surface area (Å²) in [5, 5.41) is 9.57. The average molecular weight is 180 g/mol. The molecule has 56 valence electrons. The van der Waals surface area contributed by atoms with Crippen molar-refractivity contribution in [2.24, 2.45) is 16.5 Å². The number of aliphatic carboxylic acids is 1. The molecular weight excluding hydrogens is 174 g/mol. The Bertz CT molecular complexity index is 120. The molecule has 0 aliphatic rings. The van der Waals surface area contributed by atoms with Gasteiger partial charge in [-0.3, -0.25) is 0 Å². The number of carbonyl (C=O) groups is 1. The van der Waals surface area contributed by atoms with Crippen LogP contribution >= 0.6 is 0 Å². The van der Waals surface area contributed by atoms with Crippen molar-refractivity contribution in [1.82, 2.24) is 0 Å². The predicted molar refractivity (Wildman–Crippen MR) is 25.7 cm³/mol. The van der Waals surface area contributed by atoms with Gasteiger partial charge in [-0.25, -0.2) is 4.99 Å². The monoisotopic (exact) mass is 179 g/mol. The van der Waals surface area contributed by atoms with Gasteiger partial charge in [-0.2, -0.15) is 0 Å². The number of carboxylic acids is 1. The van der Waals surface area contributed by atoms with E-state index in [2.05, 4.69) is 4.99 Å². The first-order valence-electron chi connectivity index (χ1n) is 1.88. The van der Waals surface area contributed by atoms with Crippen LogP contribution in [0.1, 0.15) is 0 Å². The summed E-state index contributed by atoms with van der Waals surface area (Å²) in [7, 11) is 0. The zero-order valence-electron chi connectivity index (χ0n) is 4.43. The molecule has 0 radical (unpaired) electrons. The summed E-state index contributed by atoms with van der Waals surface area (Å²) in [5.74, 6) is -1.53. The van der Waals surface area contributed by atoms with Gasteiger partial charge in [0.05, 0.1) is 12.5 Å². The van der Waals surface area contributed by atoms with Gasteiger partial charge < -0.3 is 21.4 Å². The Kier molecular flexibility index (Phi) is 6.66. The summed E-state index contributed by atoms with van der Waals surface area (Å²) in [6.45, 7) is -0.470. The van der Waals surface area contributed by atoms with Crippen molar-refractivity contribution in [3.63, 3.8) is 0 Å². The first-order valence-corrected chi connectivity index (χ1v) is 1.88. The summed E-state index contributed by atoms with van der Waals surface area (Å²) in [6, 6.07) is 0. The van der Waals surface area contributed by atoms with Crippen molar-refractivity contribution in [1.29, 1.82) is 0 Å². The van der Waals surface area contributed by atoms with Gasteiger partial charge in [-0.1, -0.05) is 0 Å². The SMILES string of the molecule is NC(N)=NCC(=O)[O-].[Cu+]. The van der Waals surface area contributed by atoms with Gasteiger partial charge in [0, 0.05) is 0 Å². The second-order valence-corrected chi connectivity index (χ2v) is 1.11. The molecule has 0 atom stereocenters. The van der Waals surface area contributed by atoms with Crippen LogP contribution in [-0.2, 0) is 21.9 Å². The van der Waals surface area contributed by atoms with Crippen LogP contribution in [0.2, 0.25) is 0 Å². The molecule has 0 saturated carbocycles. The van der Waals surface area contributed by atoms with Gasteiger partial charge in [0.25, 0.3) is 0 Å². The van der Waals surface area contributed by atoms with E-state index in [0.29, 0.717) is 0 Å². The first-order chi connectivity index (χ1) is 3.63. The molecule has 0 aliphatic carbocycles. The summed E-state index contributed by atoms with van der Waals surface area (Å²) < 4.78 is 0. The number of carboxylic acid groups (broad SMARTS) is 1. The normalized spacial score (nSPS) is 7.11. The minimum atomic E-state index is -1.29. The van der Waals surface area contributed by atoms with Crippen molar-refractivity contribution in [3.8, 4) is 0 Å². The summed E-state index contributed by atoms with van der Waals surface area (Å²) in [6.07, 6.45) is 0. The van der Waals surface area contributed by atoms with Gasteiger partial charge >= 0.3 is 17.1 Å². The number of hydrogen-bond acceptors (Lipinski definition) is 3. The fraction of sp³-hybridized carbons (Fsp3) is 0.333. The van der Waals surface area contributed by atoms with Crippen molar-refractivity contribution in [2.45, 2.75) is 0 Å². The minimum Gasteiger partial charge on any atom is -0.548 e. The van der Waals surface area contributed by atoms with E-state index in [0.717, 1.165) is 0 Å². The first kappa shape index (κ1) is 11.1. The molecule has 6 heteroatoms. The van der Waals surface area contributed by atoms with Crippen molar-refractivity contribution in [3.05, 3.63) is 0 Å². The number of hydrogen-bond donors (Lipinski definition) is 2. The Labute approximate surface area is 62.6 Å². The predicted octanol–water partition coefficient (Wildman–Crippen LogP) is -2.99. The van der Waals surface area contributed by atoms with Gasteiger partial charge in [0.15, 0.2) is 5.96 Å². The number of nitrogens with two attached hydrogens (primary N) is 2. The van der Waals surface area contributed by atoms with Gasteiger partial charge in [-0.15, -0.1) is 0 Å². The van der Waals surface area contributed by atoms with Gasteiger partial charge in [-0.05, 0) is 0 Å². The molecule has 0 aromatic rings. The van der Waals surface area contributed by atoms with E-state index in [1.54, 1.807) is 0 Å². The van der Waals surface area contributed by atoms with Gasteiger partial charge in [0.1, 0.15) is 0 Å². The molecule has 0 bridgehead atoms. The molecule has 0 heterocycles. The smallest absolute Gasteiger partial charge is 0.548 e. The van der Waals surface area contributed by atoms with Crippen molar-refractivity contribution >= 4 is 11.9 Å². The summed E-state index contributed by atoms with van der Waals surface area (Å²) in [5.41, 5.74) is 9.55. The third-order valence-corrected chi connectivity index (χ3v) is 0.391. The summed E-state index contributed by atoms with van der Waals surface area (Å²) in [4.78, 5) is 12.7. The van der Waals surface area contributed by atoms with Crippen LogP contribution in [0.5, 0.6) is 0 Å². The second kappa shape index (κ2) is 5.40. The molecule has 0 saturated heterocycles. The van der Waals surface area contributed by atoms with Crippen LogP contribution in [-0.4, -0.2) is 18.5 Å². The van der Waals surface area contributed by atoms with Crippen LogP contribution in [0, 0.1) is 0 Å². The van der Waals surface area contributed by atoms with Crippen LogP contribution in [0.25, 0.3) is 0 Å². The fourth-order valence-electron chi connectivity index (χ4n) is 0.156. The number of aliphatic imine (C=N–C) groups is 1.